The van der Waals surface area contributed by atoms with Gasteiger partial charge in [0, 0.05) is 5.69 Å². The van der Waals surface area contributed by atoms with E-state index in [9.17, 15) is 26.0 Å². The van der Waals surface area contributed by atoms with Gasteiger partial charge < -0.3 is 9.73 Å². The number of carbonyl (C=O) groups is 1. The molecule has 1 amide bonds. The lowest BCUT2D eigenvalue weighted by Crippen LogP contribution is -2.23. The van der Waals surface area contributed by atoms with Gasteiger partial charge in [0.2, 0.25) is 10.0 Å². The highest BCUT2D eigenvalue weighted by molar-refractivity contribution is 7.92. The summed E-state index contributed by atoms with van der Waals surface area (Å²) in [4.78, 5) is 12.7. The molecule has 3 N–H and O–H groups in total. The van der Waals surface area contributed by atoms with Crippen LogP contribution in [0.1, 0.15) is 16.1 Å². The summed E-state index contributed by atoms with van der Waals surface area (Å²) in [7, 11) is -7.89. The molecule has 0 saturated carbocycles. The topological polar surface area (TPSA) is 135 Å². The number of nitrogens with one attached hydrogen (secondary N) is 3. The van der Waals surface area contributed by atoms with E-state index in [0.717, 1.165) is 24.3 Å². The lowest BCUT2D eigenvalue weighted by Gasteiger charge is -2.13. The van der Waals surface area contributed by atoms with Crippen molar-refractivity contribution in [2.75, 3.05) is 10.0 Å². The number of hydrogen-bond acceptors (Lipinski definition) is 6. The van der Waals surface area contributed by atoms with Crippen LogP contribution in [0.15, 0.2) is 105 Å². The third-order valence-corrected chi connectivity index (χ3v) is 7.78. The quantitative estimate of drug-likeness (QED) is 0.301. The van der Waals surface area contributed by atoms with E-state index in [1.54, 1.807) is 24.3 Å². The maximum atomic E-state index is 13.2. The molecule has 0 aliphatic carbocycles. The first-order chi connectivity index (χ1) is 17.1. The molecular formula is C24H20FN3O6S2. The first-order valence-electron chi connectivity index (χ1n) is 10.4. The zero-order chi connectivity index (χ0) is 25.8. The monoisotopic (exact) mass is 529 g/mol. The summed E-state index contributed by atoms with van der Waals surface area (Å²) >= 11 is 0. The number of sulfonamides is 2. The highest BCUT2D eigenvalue weighted by atomic mass is 32.2. The minimum Gasteiger partial charge on any atom is -0.468 e. The van der Waals surface area contributed by atoms with Gasteiger partial charge in [-0.1, -0.05) is 12.1 Å². The Labute approximate surface area is 207 Å². The number of carbonyl (C=O) groups excluding carboxylic acids is 1. The van der Waals surface area contributed by atoms with Gasteiger partial charge in [0.1, 0.15) is 11.6 Å². The predicted molar refractivity (Wildman–Crippen MR) is 131 cm³/mol. The van der Waals surface area contributed by atoms with Crippen LogP contribution >= 0.6 is 0 Å². The second-order valence-electron chi connectivity index (χ2n) is 7.49. The highest BCUT2D eigenvalue weighted by Crippen LogP contribution is 2.22. The zero-order valence-electron chi connectivity index (χ0n) is 18.5. The number of anilines is 2. The Hall–Kier alpha value is -4.00. The highest BCUT2D eigenvalue weighted by Gasteiger charge is 2.19. The Morgan fingerprint density at radius 2 is 1.42 bits per heavy atom. The van der Waals surface area contributed by atoms with Gasteiger partial charge in [0.05, 0.1) is 33.8 Å². The predicted octanol–water partition coefficient (Wildman–Crippen LogP) is 3.95. The average Bonchev–Trinajstić information content (AvgIpc) is 3.37. The van der Waals surface area contributed by atoms with Crippen molar-refractivity contribution in [2.24, 2.45) is 0 Å². The summed E-state index contributed by atoms with van der Waals surface area (Å²) in [6.45, 7) is -0.0154. The third-order valence-electron chi connectivity index (χ3n) is 4.98. The molecule has 12 heteroatoms. The molecule has 0 atom stereocenters. The van der Waals surface area contributed by atoms with Crippen LogP contribution < -0.4 is 14.8 Å². The molecule has 0 spiro atoms. The minimum absolute atomic E-state index is 0.0143. The molecular weight excluding hydrogens is 509 g/mol. The summed E-state index contributed by atoms with van der Waals surface area (Å²) in [5.74, 6) is -0.754. The number of hydrogen-bond donors (Lipinski definition) is 3. The van der Waals surface area contributed by atoms with E-state index < -0.39 is 31.8 Å². The molecule has 186 valence electrons. The van der Waals surface area contributed by atoms with E-state index in [0.29, 0.717) is 11.4 Å². The lowest BCUT2D eigenvalue weighted by atomic mass is 10.1. The van der Waals surface area contributed by atoms with E-state index >= 15 is 0 Å². The smallest absolute Gasteiger partial charge is 0.261 e. The maximum Gasteiger partial charge on any atom is 0.261 e. The Bertz CT molecular complexity index is 1570. The lowest BCUT2D eigenvalue weighted by molar-refractivity contribution is 0.102. The van der Waals surface area contributed by atoms with Crippen molar-refractivity contribution in [3.05, 3.63) is 108 Å². The van der Waals surface area contributed by atoms with Crippen molar-refractivity contribution in [2.45, 2.75) is 16.3 Å². The summed E-state index contributed by atoms with van der Waals surface area (Å²) in [5, 5.41) is 2.61. The Morgan fingerprint density at radius 1 is 0.778 bits per heavy atom. The summed E-state index contributed by atoms with van der Waals surface area (Å²) < 4.78 is 73.3. The van der Waals surface area contributed by atoms with Crippen molar-refractivity contribution in [1.82, 2.24) is 4.72 Å². The Balaban J connectivity index is 1.47. The molecule has 36 heavy (non-hydrogen) atoms. The van der Waals surface area contributed by atoms with Crippen molar-refractivity contribution < 1.29 is 30.4 Å². The second-order valence-corrected chi connectivity index (χ2v) is 10.9. The van der Waals surface area contributed by atoms with E-state index in [4.69, 9.17) is 4.42 Å². The fourth-order valence-electron chi connectivity index (χ4n) is 3.17. The molecule has 0 radical (unpaired) electrons. The molecule has 1 heterocycles. The van der Waals surface area contributed by atoms with Gasteiger partial charge in [-0.3, -0.25) is 9.52 Å². The van der Waals surface area contributed by atoms with Crippen molar-refractivity contribution in [3.8, 4) is 0 Å². The molecule has 4 aromatic rings. The first-order valence-corrected chi connectivity index (χ1v) is 13.4. The molecule has 1 aromatic heterocycles. The third kappa shape index (κ3) is 5.97. The van der Waals surface area contributed by atoms with E-state index in [2.05, 4.69) is 14.8 Å². The molecule has 3 aromatic carbocycles. The number of halogens is 1. The molecule has 0 fully saturated rings. The van der Waals surface area contributed by atoms with Gasteiger partial charge in [-0.05, 0) is 72.8 Å². The minimum atomic E-state index is -4.08. The Morgan fingerprint density at radius 3 is 2.08 bits per heavy atom. The van der Waals surface area contributed by atoms with Crippen LogP contribution in [-0.4, -0.2) is 22.7 Å². The average molecular weight is 530 g/mol. The van der Waals surface area contributed by atoms with Gasteiger partial charge in [0.25, 0.3) is 15.9 Å². The van der Waals surface area contributed by atoms with Gasteiger partial charge in [0.15, 0.2) is 0 Å². The molecule has 0 aliphatic heterocycles. The van der Waals surface area contributed by atoms with Crippen LogP contribution in [0.2, 0.25) is 0 Å². The number of benzene rings is 3. The van der Waals surface area contributed by atoms with Gasteiger partial charge in [-0.25, -0.2) is 25.9 Å². The van der Waals surface area contributed by atoms with Gasteiger partial charge >= 0.3 is 0 Å². The van der Waals surface area contributed by atoms with Crippen molar-refractivity contribution in [1.29, 1.82) is 0 Å². The molecule has 0 aliphatic rings. The maximum absolute atomic E-state index is 13.2. The Kier molecular flexibility index (Phi) is 7.20. The summed E-state index contributed by atoms with van der Waals surface area (Å²) in [5.41, 5.74) is 0.335. The van der Waals surface area contributed by atoms with Crippen LogP contribution in [0.4, 0.5) is 15.8 Å². The van der Waals surface area contributed by atoms with Crippen molar-refractivity contribution >= 4 is 37.3 Å². The molecule has 9 nitrogen and oxygen atoms in total. The van der Waals surface area contributed by atoms with E-state index in [1.165, 1.54) is 42.7 Å². The fourth-order valence-corrected chi connectivity index (χ4v) is 5.24. The molecule has 0 saturated heterocycles. The zero-order valence-corrected chi connectivity index (χ0v) is 20.1. The molecule has 4 rings (SSSR count). The van der Waals surface area contributed by atoms with Crippen LogP contribution in [0.3, 0.4) is 0 Å². The van der Waals surface area contributed by atoms with Gasteiger partial charge in [-0.2, -0.15) is 0 Å². The van der Waals surface area contributed by atoms with E-state index in [1.807, 2.05) is 0 Å². The molecule has 0 unspecified atom stereocenters. The van der Waals surface area contributed by atoms with Gasteiger partial charge in [-0.15, -0.1) is 0 Å². The van der Waals surface area contributed by atoms with Crippen LogP contribution in [0.5, 0.6) is 0 Å². The molecule has 0 bridgehead atoms. The number of para-hydroxylation sites is 1. The van der Waals surface area contributed by atoms with Crippen LogP contribution in [-0.2, 0) is 26.6 Å². The second kappa shape index (κ2) is 10.3. The normalized spacial score (nSPS) is 11.7. The van der Waals surface area contributed by atoms with Crippen molar-refractivity contribution in [3.63, 3.8) is 0 Å². The summed E-state index contributed by atoms with van der Waals surface area (Å²) in [6.07, 6.45) is 1.44. The fraction of sp³-hybridized carbons (Fsp3) is 0.0417. The van der Waals surface area contributed by atoms with Crippen LogP contribution in [0.25, 0.3) is 0 Å². The number of rotatable bonds is 9. The van der Waals surface area contributed by atoms with Crippen LogP contribution in [0, 0.1) is 5.82 Å². The largest absolute Gasteiger partial charge is 0.468 e. The number of amides is 1. The SMILES string of the molecule is O=C(Nc1ccc(S(=O)(=O)NCc2ccco2)cc1)c1ccccc1NS(=O)(=O)c1ccc(F)cc1. The standard InChI is InChI=1S/C24H20FN3O6S2/c25-17-7-11-21(12-8-17)36(32,33)28-23-6-2-1-5-22(23)24(29)27-18-9-13-20(14-10-18)35(30,31)26-16-19-4-3-15-34-19/h1-15,26,28H,16H2,(H,27,29). The first kappa shape index (κ1) is 25.1. The summed E-state index contributed by atoms with van der Waals surface area (Å²) in [6, 6.07) is 18.9. The number of furan rings is 1. The van der Waals surface area contributed by atoms with E-state index in [-0.39, 0.29) is 27.6 Å².